The molecule has 0 unspecified atom stereocenters. The Hall–Kier alpha value is -2.97. The smallest absolute Gasteiger partial charge is 0.337 e. The zero-order valence-electron chi connectivity index (χ0n) is 24.0. The van der Waals surface area contributed by atoms with Crippen LogP contribution < -0.4 is 4.74 Å². The lowest BCUT2D eigenvalue weighted by Gasteiger charge is -2.29. The van der Waals surface area contributed by atoms with Crippen LogP contribution in [0.15, 0.2) is 6.07 Å². The van der Waals surface area contributed by atoms with Gasteiger partial charge in [-0.3, -0.25) is 0 Å². The SMILES string of the molecule is Cc1nc2c(c(C)c(C)n2CCC2COC2)c(-c2cc(F)c3c(c2C)CCCO3)c1[C@H](OC(C)(C)C)C(=O)O. The molecule has 0 aliphatic carbocycles. The van der Waals surface area contributed by atoms with Gasteiger partial charge in [-0.05, 0) is 90.5 Å². The molecule has 39 heavy (non-hydrogen) atoms. The van der Waals surface area contributed by atoms with Gasteiger partial charge in [-0.25, -0.2) is 14.2 Å². The summed E-state index contributed by atoms with van der Waals surface area (Å²) in [6.45, 7) is 16.2. The minimum absolute atomic E-state index is 0.306. The number of carbonyl (C=O) groups is 1. The maximum Gasteiger partial charge on any atom is 0.337 e. The van der Waals surface area contributed by atoms with E-state index in [1.165, 1.54) is 6.07 Å². The molecular formula is C31H39FN2O5. The number of hydrogen-bond acceptors (Lipinski definition) is 5. The van der Waals surface area contributed by atoms with Crippen LogP contribution in [0.2, 0.25) is 0 Å². The number of aliphatic carboxylic acids is 1. The second-order valence-corrected chi connectivity index (χ2v) is 12.0. The molecule has 5 rings (SSSR count). The molecule has 1 saturated heterocycles. The Balaban J connectivity index is 1.84. The van der Waals surface area contributed by atoms with Crippen molar-refractivity contribution in [2.75, 3.05) is 19.8 Å². The molecule has 0 saturated carbocycles. The molecule has 2 aliphatic heterocycles. The van der Waals surface area contributed by atoms with Gasteiger partial charge in [0.2, 0.25) is 0 Å². The number of carboxylic acids is 1. The molecule has 8 heteroatoms. The Morgan fingerprint density at radius 3 is 2.56 bits per heavy atom. The average Bonchev–Trinajstić information content (AvgIpc) is 3.07. The first kappa shape index (κ1) is 27.6. The Kier molecular flexibility index (Phi) is 7.22. The van der Waals surface area contributed by atoms with Gasteiger partial charge < -0.3 is 23.9 Å². The standard InChI is InChI=1S/C31H39FN2O5/c1-16-19(4)34(11-10-20-14-37-15-20)29-24(16)26(22-13-23(32)27-21(17(22)2)9-8-12-38-27)25(18(3)33-29)28(30(35)36)39-31(5,6)7/h13,20,28H,8-12,14-15H2,1-7H3,(H,35,36)/t28-/m0/s1. The summed E-state index contributed by atoms with van der Waals surface area (Å²) < 4.78 is 35.1. The molecule has 0 spiro atoms. The molecular weight excluding hydrogens is 499 g/mol. The minimum atomic E-state index is -1.28. The van der Waals surface area contributed by atoms with Crippen LogP contribution in [0.25, 0.3) is 22.2 Å². The van der Waals surface area contributed by atoms with E-state index >= 15 is 4.39 Å². The third kappa shape index (κ3) is 4.93. The van der Waals surface area contributed by atoms with Gasteiger partial charge in [0.15, 0.2) is 17.7 Å². The minimum Gasteiger partial charge on any atom is -0.490 e. The van der Waals surface area contributed by atoms with Crippen molar-refractivity contribution in [3.8, 4) is 16.9 Å². The highest BCUT2D eigenvalue weighted by Crippen LogP contribution is 2.46. The van der Waals surface area contributed by atoms with Crippen LogP contribution in [0.1, 0.15) is 73.4 Å². The fraction of sp³-hybridized carbons (Fsp3) is 0.548. The predicted octanol–water partition coefficient (Wildman–Crippen LogP) is 6.38. The van der Waals surface area contributed by atoms with E-state index < -0.39 is 23.5 Å². The monoisotopic (exact) mass is 538 g/mol. The number of aryl methyl sites for hydroxylation is 3. The van der Waals surface area contributed by atoms with E-state index in [-0.39, 0.29) is 0 Å². The number of ether oxygens (including phenoxy) is 3. The fourth-order valence-corrected chi connectivity index (χ4v) is 5.94. The summed E-state index contributed by atoms with van der Waals surface area (Å²) in [5, 5.41) is 11.3. The molecule has 210 valence electrons. The van der Waals surface area contributed by atoms with E-state index in [9.17, 15) is 9.90 Å². The first-order valence-corrected chi connectivity index (χ1v) is 13.8. The second-order valence-electron chi connectivity index (χ2n) is 12.0. The van der Waals surface area contributed by atoms with Gasteiger partial charge in [0.05, 0.1) is 25.4 Å². The molecule has 7 nitrogen and oxygen atoms in total. The molecule has 1 N–H and O–H groups in total. The number of carboxylic acid groups (broad SMARTS) is 1. The number of hydrogen-bond donors (Lipinski definition) is 1. The van der Waals surface area contributed by atoms with Gasteiger partial charge in [-0.1, -0.05) is 0 Å². The zero-order valence-corrected chi connectivity index (χ0v) is 24.0. The molecule has 2 aliphatic rings. The van der Waals surface area contributed by atoms with Crippen LogP contribution in [0, 0.1) is 39.4 Å². The predicted molar refractivity (Wildman–Crippen MR) is 148 cm³/mol. The largest absolute Gasteiger partial charge is 0.490 e. The summed E-state index contributed by atoms with van der Waals surface area (Å²) in [5.41, 5.74) is 6.26. The van der Waals surface area contributed by atoms with Crippen molar-refractivity contribution in [1.82, 2.24) is 9.55 Å². The molecule has 3 aromatic rings. The summed E-state index contributed by atoms with van der Waals surface area (Å²) in [6, 6.07) is 1.50. The maximum absolute atomic E-state index is 15.6. The van der Waals surface area contributed by atoms with Crippen molar-refractivity contribution in [1.29, 1.82) is 0 Å². The number of fused-ring (bicyclic) bond motifs is 2. The highest BCUT2D eigenvalue weighted by atomic mass is 19.1. The molecule has 1 fully saturated rings. The quantitative estimate of drug-likeness (QED) is 0.376. The van der Waals surface area contributed by atoms with E-state index in [1.54, 1.807) is 0 Å². The van der Waals surface area contributed by atoms with Gasteiger partial charge in [0.25, 0.3) is 0 Å². The zero-order chi connectivity index (χ0) is 28.2. The number of aromatic nitrogens is 2. The molecule has 0 bridgehead atoms. The highest BCUT2D eigenvalue weighted by molar-refractivity contribution is 6.01. The number of benzene rings is 1. The molecule has 2 aromatic heterocycles. The van der Waals surface area contributed by atoms with Crippen molar-refractivity contribution in [2.45, 2.75) is 86.0 Å². The van der Waals surface area contributed by atoms with Gasteiger partial charge in [0, 0.05) is 45.9 Å². The summed E-state index contributed by atoms with van der Waals surface area (Å²) in [6.07, 6.45) is 1.20. The normalized spacial score (nSPS) is 16.6. The molecule has 0 radical (unpaired) electrons. The van der Waals surface area contributed by atoms with Gasteiger partial charge in [0.1, 0.15) is 5.65 Å². The maximum atomic E-state index is 15.6. The summed E-state index contributed by atoms with van der Waals surface area (Å²) >= 11 is 0. The van der Waals surface area contributed by atoms with Crippen LogP contribution in [-0.2, 0) is 27.2 Å². The summed E-state index contributed by atoms with van der Waals surface area (Å²) in [7, 11) is 0. The Labute approximate surface area is 229 Å². The van der Waals surface area contributed by atoms with Gasteiger partial charge in [-0.15, -0.1) is 0 Å². The van der Waals surface area contributed by atoms with E-state index in [2.05, 4.69) is 11.5 Å². The first-order valence-electron chi connectivity index (χ1n) is 13.8. The van der Waals surface area contributed by atoms with Gasteiger partial charge in [-0.2, -0.15) is 0 Å². The van der Waals surface area contributed by atoms with E-state index in [0.717, 1.165) is 66.0 Å². The molecule has 1 aromatic carbocycles. The third-order valence-corrected chi connectivity index (χ3v) is 8.12. The van der Waals surface area contributed by atoms with Crippen molar-refractivity contribution in [2.24, 2.45) is 5.92 Å². The Morgan fingerprint density at radius 2 is 1.95 bits per heavy atom. The Morgan fingerprint density at radius 1 is 1.23 bits per heavy atom. The first-order chi connectivity index (χ1) is 18.4. The topological polar surface area (TPSA) is 82.8 Å². The lowest BCUT2D eigenvalue weighted by Crippen LogP contribution is -2.29. The number of pyridine rings is 1. The molecule has 1 atom stereocenters. The van der Waals surface area contributed by atoms with Crippen molar-refractivity contribution in [3.05, 3.63) is 45.5 Å². The molecule has 0 amide bonds. The van der Waals surface area contributed by atoms with E-state index in [0.29, 0.717) is 47.1 Å². The third-order valence-electron chi connectivity index (χ3n) is 8.12. The van der Waals surface area contributed by atoms with Crippen molar-refractivity contribution >= 4 is 17.0 Å². The highest BCUT2D eigenvalue weighted by Gasteiger charge is 2.35. The van der Waals surface area contributed by atoms with Crippen molar-refractivity contribution < 1.29 is 28.5 Å². The van der Waals surface area contributed by atoms with E-state index in [4.69, 9.17) is 19.2 Å². The van der Waals surface area contributed by atoms with Gasteiger partial charge >= 0.3 is 5.97 Å². The van der Waals surface area contributed by atoms with Crippen LogP contribution in [0.3, 0.4) is 0 Å². The number of nitrogens with zero attached hydrogens (tertiary/aromatic N) is 2. The van der Waals surface area contributed by atoms with Crippen LogP contribution in [0.4, 0.5) is 4.39 Å². The summed E-state index contributed by atoms with van der Waals surface area (Å²) in [4.78, 5) is 17.8. The molecule has 4 heterocycles. The van der Waals surface area contributed by atoms with Crippen LogP contribution >= 0.6 is 0 Å². The van der Waals surface area contributed by atoms with Crippen LogP contribution in [0.5, 0.6) is 5.75 Å². The van der Waals surface area contributed by atoms with E-state index in [1.807, 2.05) is 41.5 Å². The Bertz CT molecular complexity index is 1450. The van der Waals surface area contributed by atoms with Crippen LogP contribution in [-0.4, -0.2) is 46.0 Å². The summed E-state index contributed by atoms with van der Waals surface area (Å²) in [5.74, 6) is -0.703. The number of rotatable bonds is 7. The lowest BCUT2D eigenvalue weighted by atomic mass is 9.86. The fourth-order valence-electron chi connectivity index (χ4n) is 5.94. The lowest BCUT2D eigenvalue weighted by molar-refractivity contribution is -0.160. The van der Waals surface area contributed by atoms with Crippen molar-refractivity contribution in [3.63, 3.8) is 0 Å². The average molecular weight is 539 g/mol. The number of halogens is 1. The second kappa shape index (κ2) is 10.2.